The number of hydrogen-bond acceptors (Lipinski definition) is 10. The van der Waals surface area contributed by atoms with Crippen molar-refractivity contribution in [1.29, 1.82) is 5.26 Å². The number of fused-ring (bicyclic) bond motifs is 5. The minimum atomic E-state index is -0.934. The zero-order valence-electron chi connectivity index (χ0n) is 29.8. The summed E-state index contributed by atoms with van der Waals surface area (Å²) in [6.45, 7) is 4.74. The first-order valence-electron chi connectivity index (χ1n) is 18.8. The number of piperidine rings is 1. The molecule has 0 saturated carbocycles. The Kier molecular flexibility index (Phi) is 9.33. The van der Waals surface area contributed by atoms with Crippen LogP contribution in [0.1, 0.15) is 32.1 Å². The van der Waals surface area contributed by atoms with Crippen LogP contribution in [0.5, 0.6) is 6.01 Å². The Bertz CT molecular complexity index is 2160. The number of ether oxygens (including phenoxy) is 2. The second-order valence-corrected chi connectivity index (χ2v) is 15.7. The van der Waals surface area contributed by atoms with Crippen LogP contribution in [0.4, 0.5) is 14.6 Å². The summed E-state index contributed by atoms with van der Waals surface area (Å²) in [4.78, 5) is 35.7. The zero-order chi connectivity index (χ0) is 37.0. The Hall–Kier alpha value is -4.48. The van der Waals surface area contributed by atoms with E-state index in [-0.39, 0.29) is 42.7 Å². The van der Waals surface area contributed by atoms with E-state index in [2.05, 4.69) is 25.8 Å². The molecule has 6 saturated heterocycles. The first-order valence-corrected chi connectivity index (χ1v) is 19.2. The van der Waals surface area contributed by atoms with Crippen LogP contribution in [0, 0.1) is 17.1 Å². The van der Waals surface area contributed by atoms with Gasteiger partial charge in [0.2, 0.25) is 5.91 Å². The van der Waals surface area contributed by atoms with Gasteiger partial charge in [0.15, 0.2) is 5.82 Å². The van der Waals surface area contributed by atoms with Crippen LogP contribution < -0.4 is 9.64 Å². The summed E-state index contributed by atoms with van der Waals surface area (Å²) in [6.07, 6.45) is 8.03. The van der Waals surface area contributed by atoms with E-state index in [1.165, 1.54) is 0 Å². The smallest absolute Gasteiger partial charge is 0.319 e. The van der Waals surface area contributed by atoms with Crippen LogP contribution in [-0.4, -0.2) is 124 Å². The highest BCUT2D eigenvalue weighted by molar-refractivity contribution is 6.36. The molecule has 2 aromatic carbocycles. The van der Waals surface area contributed by atoms with Gasteiger partial charge in [-0.3, -0.25) is 19.6 Å². The maximum atomic E-state index is 16.9. The highest BCUT2D eigenvalue weighted by Gasteiger charge is 2.49. The van der Waals surface area contributed by atoms with E-state index < -0.39 is 23.6 Å². The lowest BCUT2D eigenvalue weighted by Gasteiger charge is -2.46. The van der Waals surface area contributed by atoms with E-state index in [4.69, 9.17) is 26.1 Å². The van der Waals surface area contributed by atoms with E-state index in [0.717, 1.165) is 44.3 Å². The summed E-state index contributed by atoms with van der Waals surface area (Å²) in [5, 5.41) is 12.2. The number of piperazine rings is 1. The number of halogens is 3. The summed E-state index contributed by atoms with van der Waals surface area (Å²) in [6, 6.07) is 12.8. The maximum Gasteiger partial charge on any atom is 0.319 e. The van der Waals surface area contributed by atoms with Crippen molar-refractivity contribution in [3.05, 3.63) is 65.6 Å². The van der Waals surface area contributed by atoms with Crippen molar-refractivity contribution >= 4 is 45.0 Å². The molecule has 11 nitrogen and oxygen atoms in total. The highest BCUT2D eigenvalue weighted by atomic mass is 35.5. The van der Waals surface area contributed by atoms with Gasteiger partial charge in [-0.15, -0.1) is 0 Å². The SMILES string of the molecule is N#CC[C@H]1CN(c2nc(OC[C@@]34CCCN3C[C@H](F)C4)nc3c(F)c(-c4cccc5cccc(Cl)c45)ncc23)CCN1C(=O)/C=C/CN1CC2CC(C1)O2. The molecule has 0 N–H and O–H groups in total. The average Bonchev–Trinajstić information content (AvgIpc) is 3.69. The van der Waals surface area contributed by atoms with Gasteiger partial charge in [0.1, 0.15) is 29.8 Å². The van der Waals surface area contributed by atoms with Gasteiger partial charge < -0.3 is 19.3 Å². The van der Waals surface area contributed by atoms with Crippen LogP contribution in [0.3, 0.4) is 0 Å². The van der Waals surface area contributed by atoms with Gasteiger partial charge in [-0.25, -0.2) is 8.78 Å². The van der Waals surface area contributed by atoms with Crippen LogP contribution >= 0.6 is 11.6 Å². The van der Waals surface area contributed by atoms with Crippen molar-refractivity contribution < 1.29 is 23.0 Å². The van der Waals surface area contributed by atoms with Crippen LogP contribution in [0.25, 0.3) is 32.9 Å². The van der Waals surface area contributed by atoms with Gasteiger partial charge >= 0.3 is 6.01 Å². The molecule has 2 aromatic heterocycles. The molecule has 280 valence electrons. The first kappa shape index (κ1) is 35.2. The number of benzene rings is 2. The summed E-state index contributed by atoms with van der Waals surface area (Å²) in [5.74, 6) is -0.404. The van der Waals surface area contributed by atoms with Crippen LogP contribution in [0.15, 0.2) is 54.7 Å². The number of anilines is 1. The molecule has 2 unspecified atom stereocenters. The number of alkyl halides is 1. The van der Waals surface area contributed by atoms with Gasteiger partial charge in [0.05, 0.1) is 41.7 Å². The fourth-order valence-corrected chi connectivity index (χ4v) is 9.54. The van der Waals surface area contributed by atoms with Crippen molar-refractivity contribution in [2.45, 2.75) is 62.1 Å². The molecule has 0 aliphatic carbocycles. The second kappa shape index (κ2) is 14.3. The number of rotatable bonds is 9. The number of pyridine rings is 1. The number of carbonyl (C=O) groups is 1. The maximum absolute atomic E-state index is 16.9. The molecular formula is C40H41ClF2N8O3. The van der Waals surface area contributed by atoms with Gasteiger partial charge in [-0.1, -0.05) is 48.0 Å². The number of nitrogens with zero attached hydrogens (tertiary/aromatic N) is 8. The second-order valence-electron chi connectivity index (χ2n) is 15.3. The molecule has 2 bridgehead atoms. The standard InChI is InChI=1S/C40H41ClF2N8O3/c41-32-8-2-6-25-5-1-7-30(34(25)32)36-35(43)37-31(19-45-36)38(47-39(46-37)53-24-40-11-4-14-50(40)20-26(42)18-40)49-15-16-51(27(21-49)10-12-44)33(52)9-3-13-48-22-28-17-29(23-48)54-28/h1-3,5-9,19,26-29H,4,10-11,13-18,20-24H2/b9-3+/t26-,27+,28?,29?,40+/m1/s1. The van der Waals surface area contributed by atoms with Crippen molar-refractivity contribution in [1.82, 2.24) is 29.7 Å². The topological polar surface area (TPSA) is 111 Å². The monoisotopic (exact) mass is 754 g/mol. The highest BCUT2D eigenvalue weighted by Crippen LogP contribution is 2.41. The van der Waals surface area contributed by atoms with E-state index in [9.17, 15) is 14.4 Å². The predicted octanol–water partition coefficient (Wildman–Crippen LogP) is 5.55. The summed E-state index contributed by atoms with van der Waals surface area (Å²) in [5.41, 5.74) is 0.185. The fourth-order valence-electron chi connectivity index (χ4n) is 9.26. The molecule has 6 aliphatic rings. The Morgan fingerprint density at radius 1 is 1.11 bits per heavy atom. The number of aromatic nitrogens is 3. The van der Waals surface area contributed by atoms with Crippen molar-refractivity contribution in [2.75, 3.05) is 63.9 Å². The quantitative estimate of drug-likeness (QED) is 0.202. The minimum absolute atomic E-state index is 0.0212. The summed E-state index contributed by atoms with van der Waals surface area (Å²) >= 11 is 6.64. The van der Waals surface area contributed by atoms with E-state index in [1.54, 1.807) is 29.3 Å². The Morgan fingerprint density at radius 3 is 2.74 bits per heavy atom. The van der Waals surface area contributed by atoms with Crippen LogP contribution in [-0.2, 0) is 9.53 Å². The van der Waals surface area contributed by atoms with Gasteiger partial charge in [-0.05, 0) is 30.8 Å². The van der Waals surface area contributed by atoms with E-state index in [0.29, 0.717) is 72.0 Å². The summed E-state index contributed by atoms with van der Waals surface area (Å²) in [7, 11) is 0. The third kappa shape index (κ3) is 6.42. The van der Waals surface area contributed by atoms with Gasteiger partial charge in [0, 0.05) is 86.9 Å². The molecule has 14 heteroatoms. The average molecular weight is 755 g/mol. The molecule has 0 radical (unpaired) electrons. The predicted molar refractivity (Wildman–Crippen MR) is 201 cm³/mol. The van der Waals surface area contributed by atoms with Crippen molar-refractivity contribution in [2.24, 2.45) is 0 Å². The molecule has 8 heterocycles. The van der Waals surface area contributed by atoms with Crippen molar-refractivity contribution in [3.63, 3.8) is 0 Å². The number of carbonyl (C=O) groups excluding carboxylic acids is 1. The summed E-state index contributed by atoms with van der Waals surface area (Å²) < 4.78 is 43.6. The largest absolute Gasteiger partial charge is 0.461 e. The Labute approximate surface area is 317 Å². The molecule has 54 heavy (non-hydrogen) atoms. The molecule has 0 spiro atoms. The van der Waals surface area contributed by atoms with Gasteiger partial charge in [0.25, 0.3) is 0 Å². The lowest BCUT2D eigenvalue weighted by molar-refractivity contribution is -0.178. The molecule has 6 fully saturated rings. The van der Waals surface area contributed by atoms with Gasteiger partial charge in [-0.2, -0.15) is 15.2 Å². The normalized spacial score (nSPS) is 27.1. The lowest BCUT2D eigenvalue weighted by atomic mass is 9.95. The number of nitriles is 1. The fraction of sp³-hybridized carbons (Fsp3) is 0.475. The third-order valence-electron chi connectivity index (χ3n) is 11.8. The van der Waals surface area contributed by atoms with Crippen LogP contribution in [0.2, 0.25) is 5.02 Å². The molecular weight excluding hydrogens is 714 g/mol. The number of hydrogen-bond donors (Lipinski definition) is 0. The minimum Gasteiger partial charge on any atom is -0.461 e. The third-order valence-corrected chi connectivity index (χ3v) is 12.1. The molecule has 4 aromatic rings. The first-order chi connectivity index (χ1) is 26.3. The van der Waals surface area contributed by atoms with Crippen molar-refractivity contribution in [3.8, 4) is 23.3 Å². The van der Waals surface area contributed by atoms with E-state index >= 15 is 4.39 Å². The molecule has 10 rings (SSSR count). The zero-order valence-corrected chi connectivity index (χ0v) is 30.6. The molecule has 6 aliphatic heterocycles. The molecule has 1 amide bonds. The Morgan fingerprint density at radius 2 is 1.93 bits per heavy atom. The lowest BCUT2D eigenvalue weighted by Crippen LogP contribution is -2.57. The van der Waals surface area contributed by atoms with E-state index in [1.807, 2.05) is 35.2 Å². The number of amides is 1. The molecule has 5 atom stereocenters. The number of morpholine rings is 1. The Balaban J connectivity index is 1.04.